The molecule has 1 aliphatic carbocycles. The SMILES string of the molecule is CCCCn1nccc1NC(=O)CN1C(=O)NC(C)(C2CC2)C1=O. The normalized spacial score (nSPS) is 23.5. The number of nitrogens with zero attached hydrogens (tertiary/aromatic N) is 3. The van der Waals surface area contributed by atoms with Gasteiger partial charge in [0.15, 0.2) is 0 Å². The Hall–Kier alpha value is -2.38. The van der Waals surface area contributed by atoms with Crippen LogP contribution in [0.25, 0.3) is 0 Å². The molecule has 4 amide bonds. The van der Waals surface area contributed by atoms with E-state index in [0.717, 1.165) is 30.6 Å². The molecular formula is C16H23N5O3. The molecule has 2 N–H and O–H groups in total. The van der Waals surface area contributed by atoms with E-state index < -0.39 is 17.5 Å². The van der Waals surface area contributed by atoms with Gasteiger partial charge in [0.05, 0.1) is 6.20 Å². The summed E-state index contributed by atoms with van der Waals surface area (Å²) >= 11 is 0. The summed E-state index contributed by atoms with van der Waals surface area (Å²) in [6.07, 6.45) is 5.45. The number of anilines is 1. The number of aryl methyl sites for hydroxylation is 1. The maximum Gasteiger partial charge on any atom is 0.325 e. The summed E-state index contributed by atoms with van der Waals surface area (Å²) in [5.41, 5.74) is -0.861. The highest BCUT2D eigenvalue weighted by atomic mass is 16.2. The summed E-state index contributed by atoms with van der Waals surface area (Å²) in [5, 5.41) is 9.63. The number of urea groups is 1. The van der Waals surface area contributed by atoms with Gasteiger partial charge in [-0.1, -0.05) is 13.3 Å². The van der Waals surface area contributed by atoms with Crippen LogP contribution in [0.5, 0.6) is 0 Å². The Labute approximate surface area is 140 Å². The minimum absolute atomic E-state index is 0.178. The van der Waals surface area contributed by atoms with Gasteiger partial charge in [0, 0.05) is 12.6 Å². The smallest absolute Gasteiger partial charge is 0.323 e. The molecule has 0 bridgehead atoms. The molecular weight excluding hydrogens is 310 g/mol. The molecule has 2 aliphatic rings. The van der Waals surface area contributed by atoms with Crippen LogP contribution >= 0.6 is 0 Å². The third-order valence-corrected chi connectivity index (χ3v) is 4.70. The van der Waals surface area contributed by atoms with Crippen LogP contribution in [0, 0.1) is 5.92 Å². The van der Waals surface area contributed by atoms with Crippen molar-refractivity contribution in [2.75, 3.05) is 11.9 Å². The third kappa shape index (κ3) is 3.00. The van der Waals surface area contributed by atoms with Crippen molar-refractivity contribution in [3.05, 3.63) is 12.3 Å². The Morgan fingerprint density at radius 3 is 2.88 bits per heavy atom. The first-order chi connectivity index (χ1) is 11.5. The molecule has 1 unspecified atom stereocenters. The molecule has 8 heteroatoms. The monoisotopic (exact) mass is 333 g/mol. The summed E-state index contributed by atoms with van der Waals surface area (Å²) in [4.78, 5) is 37.8. The first kappa shape index (κ1) is 16.5. The lowest BCUT2D eigenvalue weighted by molar-refractivity contribution is -0.134. The number of nitrogens with one attached hydrogen (secondary N) is 2. The molecule has 130 valence electrons. The quantitative estimate of drug-likeness (QED) is 0.736. The minimum atomic E-state index is -0.861. The molecule has 0 aromatic carbocycles. The van der Waals surface area contributed by atoms with Gasteiger partial charge in [-0.2, -0.15) is 5.10 Å². The second-order valence-corrected chi connectivity index (χ2v) is 6.64. The van der Waals surface area contributed by atoms with Crippen molar-refractivity contribution in [2.45, 2.75) is 51.6 Å². The van der Waals surface area contributed by atoms with Gasteiger partial charge in [-0.15, -0.1) is 0 Å². The highest BCUT2D eigenvalue weighted by Crippen LogP contribution is 2.42. The second-order valence-electron chi connectivity index (χ2n) is 6.64. The molecule has 1 saturated heterocycles. The van der Waals surface area contributed by atoms with Crippen LogP contribution in [-0.4, -0.2) is 44.6 Å². The molecule has 8 nitrogen and oxygen atoms in total. The maximum atomic E-state index is 12.5. The topological polar surface area (TPSA) is 96.3 Å². The average molecular weight is 333 g/mol. The number of rotatable bonds is 7. The van der Waals surface area contributed by atoms with Gasteiger partial charge in [0.25, 0.3) is 5.91 Å². The van der Waals surface area contributed by atoms with Crippen LogP contribution in [0.3, 0.4) is 0 Å². The van der Waals surface area contributed by atoms with Crippen LogP contribution < -0.4 is 10.6 Å². The van der Waals surface area contributed by atoms with Crippen LogP contribution in [0.1, 0.15) is 39.5 Å². The van der Waals surface area contributed by atoms with Crippen molar-refractivity contribution in [1.82, 2.24) is 20.0 Å². The van der Waals surface area contributed by atoms with Crippen molar-refractivity contribution < 1.29 is 14.4 Å². The molecule has 1 saturated carbocycles. The van der Waals surface area contributed by atoms with E-state index >= 15 is 0 Å². The average Bonchev–Trinajstić information content (AvgIpc) is 3.28. The predicted octanol–water partition coefficient (Wildman–Crippen LogP) is 1.34. The number of carbonyl (C=O) groups excluding carboxylic acids is 3. The molecule has 1 aromatic rings. The summed E-state index contributed by atoms with van der Waals surface area (Å²) in [6.45, 7) is 4.24. The highest BCUT2D eigenvalue weighted by Gasteiger charge is 2.56. The number of hydrogen-bond donors (Lipinski definition) is 2. The van der Waals surface area contributed by atoms with Crippen LogP contribution in [-0.2, 0) is 16.1 Å². The van der Waals surface area contributed by atoms with E-state index in [4.69, 9.17) is 0 Å². The number of amides is 4. The van der Waals surface area contributed by atoms with Crippen LogP contribution in [0.4, 0.5) is 10.6 Å². The predicted molar refractivity (Wildman–Crippen MR) is 87.1 cm³/mol. The van der Waals surface area contributed by atoms with Gasteiger partial charge < -0.3 is 10.6 Å². The number of imide groups is 1. The zero-order chi connectivity index (χ0) is 17.3. The zero-order valence-corrected chi connectivity index (χ0v) is 14.0. The first-order valence-electron chi connectivity index (χ1n) is 8.41. The molecule has 0 radical (unpaired) electrons. The maximum absolute atomic E-state index is 12.5. The van der Waals surface area contributed by atoms with Gasteiger partial charge in [-0.3, -0.25) is 14.5 Å². The fourth-order valence-corrected chi connectivity index (χ4v) is 3.05. The van der Waals surface area contributed by atoms with Crippen LogP contribution in [0.2, 0.25) is 0 Å². The molecule has 1 aromatic heterocycles. The summed E-state index contributed by atoms with van der Waals surface area (Å²) < 4.78 is 1.71. The lowest BCUT2D eigenvalue weighted by Gasteiger charge is -2.20. The largest absolute Gasteiger partial charge is 0.325 e. The van der Waals surface area contributed by atoms with E-state index in [9.17, 15) is 14.4 Å². The van der Waals surface area contributed by atoms with Gasteiger partial charge in [-0.25, -0.2) is 9.48 Å². The molecule has 2 fully saturated rings. The van der Waals surface area contributed by atoms with Crippen molar-refractivity contribution in [1.29, 1.82) is 0 Å². The molecule has 1 atom stereocenters. The number of carbonyl (C=O) groups is 3. The van der Waals surface area contributed by atoms with E-state index in [1.807, 2.05) is 0 Å². The summed E-state index contributed by atoms with van der Waals surface area (Å²) in [6, 6.07) is 1.21. The minimum Gasteiger partial charge on any atom is -0.323 e. The molecule has 0 spiro atoms. The zero-order valence-electron chi connectivity index (χ0n) is 14.0. The first-order valence-corrected chi connectivity index (χ1v) is 8.41. The van der Waals surface area contributed by atoms with Crippen molar-refractivity contribution >= 4 is 23.7 Å². The lowest BCUT2D eigenvalue weighted by atomic mass is 9.96. The Morgan fingerprint density at radius 2 is 2.21 bits per heavy atom. The molecule has 24 heavy (non-hydrogen) atoms. The molecule has 2 heterocycles. The fourth-order valence-electron chi connectivity index (χ4n) is 3.05. The van der Waals surface area contributed by atoms with Gasteiger partial charge >= 0.3 is 6.03 Å². The third-order valence-electron chi connectivity index (χ3n) is 4.70. The van der Waals surface area contributed by atoms with Gasteiger partial charge in [0.1, 0.15) is 17.9 Å². The van der Waals surface area contributed by atoms with Crippen molar-refractivity contribution in [2.24, 2.45) is 5.92 Å². The Kier molecular flexibility index (Phi) is 4.29. The van der Waals surface area contributed by atoms with E-state index in [2.05, 4.69) is 22.7 Å². The van der Waals surface area contributed by atoms with Crippen molar-refractivity contribution in [3.8, 4) is 0 Å². The second kappa shape index (κ2) is 6.26. The highest BCUT2D eigenvalue weighted by molar-refractivity contribution is 6.10. The lowest BCUT2D eigenvalue weighted by Crippen LogP contribution is -2.46. The summed E-state index contributed by atoms with van der Waals surface area (Å²) in [7, 11) is 0. The van der Waals surface area contributed by atoms with Gasteiger partial charge in [-0.05, 0) is 32.1 Å². The van der Waals surface area contributed by atoms with E-state index in [1.165, 1.54) is 0 Å². The number of aromatic nitrogens is 2. The summed E-state index contributed by atoms with van der Waals surface area (Å²) in [5.74, 6) is 0.0318. The Balaban J connectivity index is 1.62. The van der Waals surface area contributed by atoms with Crippen LogP contribution in [0.15, 0.2) is 12.3 Å². The number of unbranched alkanes of at least 4 members (excludes halogenated alkanes) is 1. The fraction of sp³-hybridized carbons (Fsp3) is 0.625. The Morgan fingerprint density at radius 1 is 1.46 bits per heavy atom. The van der Waals surface area contributed by atoms with E-state index in [1.54, 1.807) is 23.9 Å². The van der Waals surface area contributed by atoms with E-state index in [0.29, 0.717) is 12.4 Å². The molecule has 1 aliphatic heterocycles. The van der Waals surface area contributed by atoms with E-state index in [-0.39, 0.29) is 18.4 Å². The standard InChI is InChI=1S/C16H23N5O3/c1-3-4-9-21-12(7-8-17-21)18-13(22)10-20-14(23)16(2,11-5-6-11)19-15(20)24/h7-8,11H,3-6,9-10H2,1-2H3,(H,18,22)(H,19,24). The van der Waals surface area contributed by atoms with Gasteiger partial charge in [0.2, 0.25) is 5.91 Å². The Bertz CT molecular complexity index is 666. The number of hydrogen-bond acceptors (Lipinski definition) is 4. The van der Waals surface area contributed by atoms with Crippen molar-refractivity contribution in [3.63, 3.8) is 0 Å². The molecule has 3 rings (SSSR count).